The van der Waals surface area contributed by atoms with Gasteiger partial charge in [0.15, 0.2) is 0 Å². The maximum Gasteiger partial charge on any atom is 0.264 e. The normalized spacial score (nSPS) is 16.2. The number of carbonyl (C=O) groups is 1. The van der Waals surface area contributed by atoms with Gasteiger partial charge in [-0.1, -0.05) is 5.16 Å². The maximum atomic E-state index is 12.5. The largest absolute Gasteiger partial charge is 0.361 e. The molecule has 0 atom stereocenters. The quantitative estimate of drug-likeness (QED) is 0.872. The molecule has 3 heterocycles. The second-order valence-corrected chi connectivity index (χ2v) is 7.10. The molecule has 1 saturated heterocycles. The van der Waals surface area contributed by atoms with Gasteiger partial charge < -0.3 is 9.42 Å². The van der Waals surface area contributed by atoms with Gasteiger partial charge in [-0.05, 0) is 32.4 Å². The Labute approximate surface area is 134 Å². The van der Waals surface area contributed by atoms with E-state index in [2.05, 4.69) is 23.9 Å². The van der Waals surface area contributed by atoms with Gasteiger partial charge in [0.25, 0.3) is 5.91 Å². The molecule has 1 aliphatic rings. The van der Waals surface area contributed by atoms with Crippen molar-refractivity contribution >= 4 is 17.2 Å². The molecule has 0 aliphatic carbocycles. The lowest BCUT2D eigenvalue weighted by Gasteiger charge is -2.34. The van der Waals surface area contributed by atoms with E-state index in [0.29, 0.717) is 0 Å². The van der Waals surface area contributed by atoms with Crippen LogP contribution in [0.25, 0.3) is 0 Å². The zero-order chi connectivity index (χ0) is 15.7. The predicted molar refractivity (Wildman–Crippen MR) is 86.2 cm³/mol. The third kappa shape index (κ3) is 3.23. The van der Waals surface area contributed by atoms with Gasteiger partial charge in [-0.25, -0.2) is 0 Å². The first kappa shape index (κ1) is 15.2. The van der Waals surface area contributed by atoms with E-state index in [9.17, 15) is 4.79 Å². The molecular weight excluding hydrogens is 298 g/mol. The van der Waals surface area contributed by atoms with E-state index in [4.69, 9.17) is 4.52 Å². The Hall–Kier alpha value is -1.66. The van der Waals surface area contributed by atoms with E-state index in [1.807, 2.05) is 24.0 Å². The minimum atomic E-state index is 0.165. The molecule has 6 heteroatoms. The van der Waals surface area contributed by atoms with Crippen molar-refractivity contribution in [2.45, 2.75) is 27.3 Å². The van der Waals surface area contributed by atoms with E-state index in [1.165, 1.54) is 10.4 Å². The zero-order valence-corrected chi connectivity index (χ0v) is 14.1. The van der Waals surface area contributed by atoms with Crippen LogP contribution in [-0.2, 0) is 6.54 Å². The lowest BCUT2D eigenvalue weighted by Crippen LogP contribution is -2.48. The van der Waals surface area contributed by atoms with E-state index in [0.717, 1.165) is 49.1 Å². The molecule has 2 aromatic rings. The summed E-state index contributed by atoms with van der Waals surface area (Å²) in [5, 5.41) is 4.03. The summed E-state index contributed by atoms with van der Waals surface area (Å²) < 4.78 is 5.10. The summed E-state index contributed by atoms with van der Waals surface area (Å²) in [6.07, 6.45) is 0. The van der Waals surface area contributed by atoms with Crippen LogP contribution in [0.1, 0.15) is 31.6 Å². The average molecular weight is 319 g/mol. The van der Waals surface area contributed by atoms with Crippen LogP contribution in [0.15, 0.2) is 16.7 Å². The van der Waals surface area contributed by atoms with Crippen molar-refractivity contribution in [3.05, 3.63) is 38.9 Å². The molecule has 0 saturated carbocycles. The van der Waals surface area contributed by atoms with Gasteiger partial charge in [0.2, 0.25) is 0 Å². The second-order valence-electron chi connectivity index (χ2n) is 5.85. The van der Waals surface area contributed by atoms with Crippen LogP contribution in [0.5, 0.6) is 0 Å². The Morgan fingerprint density at radius 3 is 2.50 bits per heavy atom. The minimum absolute atomic E-state index is 0.165. The minimum Gasteiger partial charge on any atom is -0.361 e. The standard InChI is InChI=1S/C16H21N3O2S/c1-11-8-15(22-13(11)3)16(20)19-6-4-18(5-7-19)10-14-9-12(2)21-17-14/h8-9H,4-7,10H2,1-3H3. The van der Waals surface area contributed by atoms with Gasteiger partial charge in [0.1, 0.15) is 5.76 Å². The zero-order valence-electron chi connectivity index (χ0n) is 13.3. The van der Waals surface area contributed by atoms with Crippen LogP contribution in [-0.4, -0.2) is 47.0 Å². The SMILES string of the molecule is Cc1cc(CN2CCN(C(=O)c3cc(C)c(C)s3)CC2)no1. The summed E-state index contributed by atoms with van der Waals surface area (Å²) in [6.45, 7) is 10.1. The number of hydrogen-bond acceptors (Lipinski definition) is 5. The molecule has 5 nitrogen and oxygen atoms in total. The van der Waals surface area contributed by atoms with Crippen molar-refractivity contribution in [2.75, 3.05) is 26.2 Å². The number of hydrogen-bond donors (Lipinski definition) is 0. The molecule has 118 valence electrons. The second kappa shape index (κ2) is 6.22. The van der Waals surface area contributed by atoms with E-state index in [1.54, 1.807) is 11.3 Å². The Morgan fingerprint density at radius 1 is 1.23 bits per heavy atom. The molecule has 22 heavy (non-hydrogen) atoms. The lowest BCUT2D eigenvalue weighted by molar-refractivity contribution is 0.0630. The van der Waals surface area contributed by atoms with Crippen molar-refractivity contribution in [1.82, 2.24) is 15.0 Å². The number of aryl methyl sites for hydroxylation is 3. The molecular formula is C16H21N3O2S. The molecule has 0 N–H and O–H groups in total. The van der Waals surface area contributed by atoms with Crippen LogP contribution < -0.4 is 0 Å². The fraction of sp³-hybridized carbons (Fsp3) is 0.500. The first-order chi connectivity index (χ1) is 10.5. The molecule has 2 aromatic heterocycles. The van der Waals surface area contributed by atoms with Gasteiger partial charge in [0.05, 0.1) is 10.6 Å². The van der Waals surface area contributed by atoms with Crippen LogP contribution in [0.4, 0.5) is 0 Å². The number of carbonyl (C=O) groups excluding carboxylic acids is 1. The van der Waals surface area contributed by atoms with Crippen molar-refractivity contribution < 1.29 is 9.32 Å². The Morgan fingerprint density at radius 2 is 1.95 bits per heavy atom. The molecule has 1 aliphatic heterocycles. The number of rotatable bonds is 3. The number of piperazine rings is 1. The first-order valence-electron chi connectivity index (χ1n) is 7.54. The molecule has 0 radical (unpaired) electrons. The van der Waals surface area contributed by atoms with Crippen LogP contribution in [0, 0.1) is 20.8 Å². The van der Waals surface area contributed by atoms with Crippen LogP contribution in [0.2, 0.25) is 0 Å². The van der Waals surface area contributed by atoms with E-state index < -0.39 is 0 Å². The molecule has 0 bridgehead atoms. The molecule has 1 amide bonds. The highest BCUT2D eigenvalue weighted by Gasteiger charge is 2.24. The number of amides is 1. The molecule has 0 aromatic carbocycles. The highest BCUT2D eigenvalue weighted by atomic mass is 32.1. The molecule has 0 spiro atoms. The van der Waals surface area contributed by atoms with Crippen LogP contribution in [0.3, 0.4) is 0 Å². The number of thiophene rings is 1. The van der Waals surface area contributed by atoms with Gasteiger partial charge in [0, 0.05) is 43.7 Å². The summed E-state index contributed by atoms with van der Waals surface area (Å²) in [4.78, 5) is 18.9. The van der Waals surface area contributed by atoms with Gasteiger partial charge in [-0.15, -0.1) is 11.3 Å². The Kier molecular flexibility index (Phi) is 4.31. The predicted octanol–water partition coefficient (Wildman–Crippen LogP) is 2.62. The summed E-state index contributed by atoms with van der Waals surface area (Å²) in [6, 6.07) is 3.97. The topological polar surface area (TPSA) is 49.6 Å². The Balaban J connectivity index is 1.56. The summed E-state index contributed by atoms with van der Waals surface area (Å²) in [5.41, 5.74) is 2.16. The highest BCUT2D eigenvalue weighted by Crippen LogP contribution is 2.22. The fourth-order valence-corrected chi connectivity index (χ4v) is 3.67. The van der Waals surface area contributed by atoms with E-state index in [-0.39, 0.29) is 5.91 Å². The summed E-state index contributed by atoms with van der Waals surface area (Å²) >= 11 is 1.60. The average Bonchev–Trinajstić information content (AvgIpc) is 3.05. The third-order valence-corrected chi connectivity index (χ3v) is 5.24. The number of nitrogens with zero attached hydrogens (tertiary/aromatic N) is 3. The van der Waals surface area contributed by atoms with Crippen LogP contribution >= 0.6 is 11.3 Å². The van der Waals surface area contributed by atoms with Crippen molar-refractivity contribution in [3.63, 3.8) is 0 Å². The van der Waals surface area contributed by atoms with Gasteiger partial charge >= 0.3 is 0 Å². The number of aromatic nitrogens is 1. The van der Waals surface area contributed by atoms with Gasteiger partial charge in [-0.3, -0.25) is 9.69 Å². The monoisotopic (exact) mass is 319 g/mol. The summed E-state index contributed by atoms with van der Waals surface area (Å²) in [7, 11) is 0. The Bertz CT molecular complexity index is 649. The summed E-state index contributed by atoms with van der Waals surface area (Å²) in [5.74, 6) is 1.00. The van der Waals surface area contributed by atoms with Crippen molar-refractivity contribution in [2.24, 2.45) is 0 Å². The molecule has 1 fully saturated rings. The van der Waals surface area contributed by atoms with Crippen molar-refractivity contribution in [1.29, 1.82) is 0 Å². The lowest BCUT2D eigenvalue weighted by atomic mass is 10.2. The smallest absolute Gasteiger partial charge is 0.264 e. The van der Waals surface area contributed by atoms with Gasteiger partial charge in [-0.2, -0.15) is 0 Å². The first-order valence-corrected chi connectivity index (χ1v) is 8.35. The molecule has 0 unspecified atom stereocenters. The van der Waals surface area contributed by atoms with Crippen molar-refractivity contribution in [3.8, 4) is 0 Å². The highest BCUT2D eigenvalue weighted by molar-refractivity contribution is 7.14. The maximum absolute atomic E-state index is 12.5. The molecule has 3 rings (SSSR count). The van der Waals surface area contributed by atoms with E-state index >= 15 is 0 Å². The fourth-order valence-electron chi connectivity index (χ4n) is 2.67. The third-order valence-electron chi connectivity index (χ3n) is 4.10.